The molecule has 0 saturated heterocycles. The highest BCUT2D eigenvalue weighted by Gasteiger charge is 2.53. The molecule has 0 saturated carbocycles. The van der Waals surface area contributed by atoms with Crippen LogP contribution in [-0.4, -0.2) is 32.8 Å². The second-order valence-corrected chi connectivity index (χ2v) is 8.52. The number of nitro benzene ring substituents is 1. The maximum Gasteiger partial charge on any atom is 0.469 e. The Morgan fingerprint density at radius 2 is 1.32 bits per heavy atom. The lowest BCUT2D eigenvalue weighted by Crippen LogP contribution is -2.40. The van der Waals surface area contributed by atoms with Crippen LogP contribution in [0.4, 0.5) is 32.0 Å². The van der Waals surface area contributed by atoms with Crippen LogP contribution in [0.3, 0.4) is 0 Å². The van der Waals surface area contributed by atoms with Gasteiger partial charge in [0.15, 0.2) is 0 Å². The van der Waals surface area contributed by atoms with E-state index in [0.29, 0.717) is 12.1 Å². The molecule has 0 aromatic heterocycles. The molecule has 1 aromatic carbocycles. The lowest BCUT2D eigenvalue weighted by atomic mass is 10.1. The van der Waals surface area contributed by atoms with Gasteiger partial charge >= 0.3 is 11.0 Å². The van der Waals surface area contributed by atoms with Gasteiger partial charge < -0.3 is 0 Å². The van der Waals surface area contributed by atoms with Gasteiger partial charge in [-0.1, -0.05) is 22.8 Å². The molecular formula is C10H6F6NO6S2-. The van der Waals surface area contributed by atoms with Crippen molar-refractivity contribution in [3.05, 3.63) is 44.5 Å². The maximum atomic E-state index is 12.6. The molecule has 0 aliphatic heterocycles. The molecule has 1 aromatic rings. The monoisotopic (exact) mass is 414 g/mol. The van der Waals surface area contributed by atoms with E-state index in [2.05, 4.69) is 0 Å². The first kappa shape index (κ1) is 21.1. The molecule has 0 spiro atoms. The number of halogens is 6. The predicted molar refractivity (Wildman–Crippen MR) is 70.0 cm³/mol. The molecule has 0 N–H and O–H groups in total. The Morgan fingerprint density at radius 3 is 1.68 bits per heavy atom. The van der Waals surface area contributed by atoms with Gasteiger partial charge in [0.2, 0.25) is 0 Å². The fraction of sp³-hybridized carbons (Fsp3) is 0.300. The van der Waals surface area contributed by atoms with Crippen molar-refractivity contribution in [1.82, 2.24) is 0 Å². The van der Waals surface area contributed by atoms with Crippen LogP contribution in [-0.2, 0) is 26.1 Å². The molecule has 0 unspecified atom stereocenters. The first-order valence-electron chi connectivity index (χ1n) is 5.74. The molecule has 15 heteroatoms. The fourth-order valence-electron chi connectivity index (χ4n) is 1.59. The SMILES string of the molecule is O=[N+]([O-])c1ccccc1C[C-](S(=O)(=O)C(F)(F)F)S(=O)(=O)C(F)(F)F. The van der Waals surface area contributed by atoms with Gasteiger partial charge in [0.1, 0.15) is 19.7 Å². The van der Waals surface area contributed by atoms with E-state index in [1.54, 1.807) is 0 Å². The van der Waals surface area contributed by atoms with E-state index >= 15 is 0 Å². The van der Waals surface area contributed by atoms with Gasteiger partial charge in [0.05, 0.1) is 4.92 Å². The van der Waals surface area contributed by atoms with Crippen LogP contribution < -0.4 is 0 Å². The van der Waals surface area contributed by atoms with Gasteiger partial charge in [-0.3, -0.25) is 26.9 Å². The van der Waals surface area contributed by atoms with Crippen LogP contribution in [0, 0.1) is 14.7 Å². The van der Waals surface area contributed by atoms with Crippen molar-refractivity contribution < 1.29 is 48.1 Å². The van der Waals surface area contributed by atoms with E-state index < -0.39 is 57.9 Å². The van der Waals surface area contributed by atoms with Crippen molar-refractivity contribution in [3.8, 4) is 0 Å². The summed E-state index contributed by atoms with van der Waals surface area (Å²) in [6, 6.07) is 3.24. The first-order valence-corrected chi connectivity index (χ1v) is 8.71. The largest absolute Gasteiger partial charge is 0.469 e. The quantitative estimate of drug-likeness (QED) is 0.317. The molecule has 0 aliphatic rings. The van der Waals surface area contributed by atoms with Crippen LogP contribution in [0.25, 0.3) is 0 Å². The van der Waals surface area contributed by atoms with Crippen LogP contribution in [0.5, 0.6) is 0 Å². The zero-order chi connectivity index (χ0) is 19.8. The Hall–Kier alpha value is -1.90. The molecular weight excluding hydrogens is 408 g/mol. The van der Waals surface area contributed by atoms with Gasteiger partial charge in [-0.2, -0.15) is 26.3 Å². The fourth-order valence-corrected chi connectivity index (χ4v) is 4.52. The average molecular weight is 414 g/mol. The average Bonchev–Trinajstić information content (AvgIpc) is 2.42. The number of sulfone groups is 2. The standard InChI is InChI=1S/C10H6F6NO6S2/c11-9(12,13)24(20,21)8(25(22,23)10(14,15)16)5-6-3-1-2-4-7(6)17(18)19/h1-4H,5H2/q-1. The van der Waals surface area contributed by atoms with Gasteiger partial charge in [-0.05, 0) is 0 Å². The highest BCUT2D eigenvalue weighted by molar-refractivity contribution is 8.13. The Kier molecular flexibility index (Phi) is 5.44. The molecule has 142 valence electrons. The topological polar surface area (TPSA) is 111 Å². The molecule has 0 aliphatic carbocycles. The number of alkyl halides is 6. The number of para-hydroxylation sites is 1. The summed E-state index contributed by atoms with van der Waals surface area (Å²) in [6.45, 7) is 0. The smallest absolute Gasteiger partial charge is 0.258 e. The van der Waals surface area contributed by atoms with E-state index in [1.807, 2.05) is 0 Å². The van der Waals surface area contributed by atoms with Crippen LogP contribution >= 0.6 is 0 Å². The highest BCUT2D eigenvalue weighted by atomic mass is 32.3. The van der Waals surface area contributed by atoms with Crippen molar-refractivity contribution >= 4 is 25.4 Å². The van der Waals surface area contributed by atoms with Crippen LogP contribution in [0.2, 0.25) is 0 Å². The van der Waals surface area contributed by atoms with Gasteiger partial charge in [-0.25, -0.2) is 0 Å². The lowest BCUT2D eigenvalue weighted by molar-refractivity contribution is -0.385. The van der Waals surface area contributed by atoms with E-state index in [0.717, 1.165) is 12.1 Å². The third-order valence-electron chi connectivity index (χ3n) is 2.73. The van der Waals surface area contributed by atoms with E-state index in [-0.39, 0.29) is 0 Å². The molecule has 0 atom stereocenters. The Morgan fingerprint density at radius 1 is 0.920 bits per heavy atom. The van der Waals surface area contributed by atoms with Crippen molar-refractivity contribution in [2.45, 2.75) is 17.4 Å². The second-order valence-electron chi connectivity index (χ2n) is 4.33. The molecule has 0 radical (unpaired) electrons. The van der Waals surface area contributed by atoms with Crippen molar-refractivity contribution in [3.63, 3.8) is 0 Å². The third kappa shape index (κ3) is 4.02. The van der Waals surface area contributed by atoms with Crippen molar-refractivity contribution in [2.75, 3.05) is 0 Å². The first-order chi connectivity index (χ1) is 11.0. The summed E-state index contributed by atoms with van der Waals surface area (Å²) in [6.07, 6.45) is -1.99. The molecule has 7 nitrogen and oxygen atoms in total. The Labute approximate surface area is 136 Å². The molecule has 0 amide bonds. The lowest BCUT2D eigenvalue weighted by Gasteiger charge is -2.31. The summed E-state index contributed by atoms with van der Waals surface area (Å²) in [7, 11) is -13.9. The molecule has 0 heterocycles. The molecule has 1 rings (SSSR count). The summed E-state index contributed by atoms with van der Waals surface area (Å²) in [5, 5.41) is 10.7. The zero-order valence-corrected chi connectivity index (χ0v) is 13.1. The minimum absolute atomic E-state index is 0.635. The second kappa shape index (κ2) is 6.44. The van der Waals surface area contributed by atoms with E-state index in [1.165, 1.54) is 0 Å². The third-order valence-corrected chi connectivity index (χ3v) is 6.75. The minimum Gasteiger partial charge on any atom is -0.258 e. The number of hydrogen-bond donors (Lipinski definition) is 0. The Balaban J connectivity index is 3.65. The molecule has 25 heavy (non-hydrogen) atoms. The predicted octanol–water partition coefficient (Wildman–Crippen LogP) is 2.50. The highest BCUT2D eigenvalue weighted by Crippen LogP contribution is 2.43. The van der Waals surface area contributed by atoms with Gasteiger partial charge in [-0.15, -0.1) is 6.42 Å². The molecule has 0 fully saturated rings. The van der Waals surface area contributed by atoms with Crippen LogP contribution in [0.1, 0.15) is 5.56 Å². The minimum atomic E-state index is -6.93. The number of benzene rings is 1. The van der Waals surface area contributed by atoms with Crippen molar-refractivity contribution in [2.24, 2.45) is 0 Å². The maximum absolute atomic E-state index is 12.6. The molecule has 0 bridgehead atoms. The number of hydrogen-bond acceptors (Lipinski definition) is 6. The number of nitrogens with zero attached hydrogens (tertiary/aromatic N) is 1. The Bertz CT molecular complexity index is 830. The van der Waals surface area contributed by atoms with Gasteiger partial charge in [0, 0.05) is 11.6 Å². The summed E-state index contributed by atoms with van der Waals surface area (Å²) < 4.78 is 118. The summed E-state index contributed by atoms with van der Waals surface area (Å²) in [5.41, 5.74) is -14.7. The van der Waals surface area contributed by atoms with E-state index in [4.69, 9.17) is 0 Å². The number of nitro groups is 1. The number of rotatable bonds is 5. The summed E-state index contributed by atoms with van der Waals surface area (Å²) in [4.78, 5) is 9.53. The van der Waals surface area contributed by atoms with Crippen LogP contribution in [0.15, 0.2) is 24.3 Å². The summed E-state index contributed by atoms with van der Waals surface area (Å²) >= 11 is 0. The van der Waals surface area contributed by atoms with Gasteiger partial charge in [0.25, 0.3) is 5.69 Å². The van der Waals surface area contributed by atoms with Crippen molar-refractivity contribution in [1.29, 1.82) is 0 Å². The van der Waals surface area contributed by atoms with E-state index in [9.17, 15) is 53.3 Å². The normalized spacial score (nSPS) is 13.9. The summed E-state index contributed by atoms with van der Waals surface area (Å²) in [5.74, 6) is 0. The zero-order valence-electron chi connectivity index (χ0n) is 11.5.